The average Bonchev–Trinajstić information content (AvgIpc) is 2.72. The first-order valence-electron chi connectivity index (χ1n) is 5.11. The molecule has 1 saturated carbocycles. The number of sulfone groups is 1. The van der Waals surface area contributed by atoms with Gasteiger partial charge in [-0.15, -0.1) is 0 Å². The smallest absolute Gasteiger partial charge is 0.234 e. The predicted molar refractivity (Wildman–Crippen MR) is 58.9 cm³/mol. The number of rotatable bonds is 3. The van der Waals surface area contributed by atoms with E-state index in [1.165, 1.54) is 25.7 Å². The van der Waals surface area contributed by atoms with Crippen molar-refractivity contribution in [2.24, 2.45) is 10.7 Å². The number of nitrogens with two attached hydrogens (primary N) is 1. The van der Waals surface area contributed by atoms with Crippen LogP contribution < -0.4 is 11.1 Å². The lowest BCUT2D eigenvalue weighted by Gasteiger charge is -2.10. The SMILES string of the molecule is NC1=NC(CNC2CCCC2)=CS1(=O)=O. The Morgan fingerprint density at radius 3 is 2.67 bits per heavy atom. The molecule has 0 radical (unpaired) electrons. The van der Waals surface area contributed by atoms with E-state index >= 15 is 0 Å². The number of nitrogens with one attached hydrogen (secondary N) is 1. The van der Waals surface area contributed by atoms with Crippen molar-refractivity contribution in [3.8, 4) is 0 Å². The third-order valence-electron chi connectivity index (χ3n) is 2.76. The van der Waals surface area contributed by atoms with Crippen LogP contribution in [0.4, 0.5) is 0 Å². The first kappa shape index (κ1) is 10.6. The van der Waals surface area contributed by atoms with Gasteiger partial charge in [-0.05, 0) is 12.8 Å². The van der Waals surface area contributed by atoms with Crippen molar-refractivity contribution >= 4 is 15.0 Å². The second-order valence-corrected chi connectivity index (χ2v) is 5.71. The van der Waals surface area contributed by atoms with E-state index < -0.39 is 9.84 Å². The molecule has 0 spiro atoms. The molecule has 2 rings (SSSR count). The Morgan fingerprint density at radius 2 is 2.13 bits per heavy atom. The molecular formula is C9H15N3O2S. The summed E-state index contributed by atoms with van der Waals surface area (Å²) >= 11 is 0. The Kier molecular flexibility index (Phi) is 2.79. The zero-order valence-electron chi connectivity index (χ0n) is 8.44. The van der Waals surface area contributed by atoms with E-state index in [-0.39, 0.29) is 5.17 Å². The van der Waals surface area contributed by atoms with E-state index in [4.69, 9.17) is 5.73 Å². The molecule has 1 aliphatic heterocycles. The highest BCUT2D eigenvalue weighted by atomic mass is 32.2. The Morgan fingerprint density at radius 1 is 1.47 bits per heavy atom. The van der Waals surface area contributed by atoms with Gasteiger partial charge in [0.15, 0.2) is 0 Å². The fraction of sp³-hybridized carbons (Fsp3) is 0.667. The molecule has 0 unspecified atom stereocenters. The van der Waals surface area contributed by atoms with E-state index in [1.54, 1.807) is 0 Å². The van der Waals surface area contributed by atoms with Crippen molar-refractivity contribution in [3.63, 3.8) is 0 Å². The monoisotopic (exact) mass is 229 g/mol. The normalized spacial score (nSPS) is 25.3. The Hall–Kier alpha value is -0.880. The van der Waals surface area contributed by atoms with Crippen LogP contribution in [0.25, 0.3) is 0 Å². The minimum atomic E-state index is -3.39. The van der Waals surface area contributed by atoms with Crippen LogP contribution in [0, 0.1) is 0 Å². The van der Waals surface area contributed by atoms with Crippen LogP contribution in [0.3, 0.4) is 0 Å². The first-order chi connectivity index (χ1) is 7.08. The summed E-state index contributed by atoms with van der Waals surface area (Å²) in [7, 11) is -3.39. The second-order valence-electron chi connectivity index (χ2n) is 3.97. The van der Waals surface area contributed by atoms with E-state index in [0.29, 0.717) is 18.3 Å². The lowest BCUT2D eigenvalue weighted by atomic mass is 10.2. The molecule has 15 heavy (non-hydrogen) atoms. The van der Waals surface area contributed by atoms with Crippen molar-refractivity contribution in [2.75, 3.05) is 6.54 Å². The standard InChI is InChI=1S/C9H15N3O2S/c10-9-12-8(6-15(9,13)14)5-11-7-3-1-2-4-7/h6-7,11H,1-5H2,(H2,10,12). The largest absolute Gasteiger partial charge is 0.374 e. The molecule has 0 bridgehead atoms. The van der Waals surface area contributed by atoms with Crippen LogP contribution >= 0.6 is 0 Å². The van der Waals surface area contributed by atoms with Gasteiger partial charge in [0.1, 0.15) is 0 Å². The molecule has 0 aromatic rings. The van der Waals surface area contributed by atoms with E-state index in [0.717, 1.165) is 5.41 Å². The predicted octanol–water partition coefficient (Wildman–Crippen LogP) is 0.103. The number of amidine groups is 1. The van der Waals surface area contributed by atoms with Crippen LogP contribution in [0.1, 0.15) is 25.7 Å². The maximum Gasteiger partial charge on any atom is 0.234 e. The lowest BCUT2D eigenvalue weighted by molar-refractivity contribution is 0.548. The minimum absolute atomic E-state index is 0.286. The van der Waals surface area contributed by atoms with Gasteiger partial charge in [0.25, 0.3) is 0 Å². The summed E-state index contributed by atoms with van der Waals surface area (Å²) in [5, 5.41) is 4.14. The summed E-state index contributed by atoms with van der Waals surface area (Å²) in [5.74, 6) is 0. The quantitative estimate of drug-likeness (QED) is 0.719. The number of hydrogen-bond acceptors (Lipinski definition) is 5. The van der Waals surface area contributed by atoms with E-state index in [2.05, 4.69) is 10.3 Å². The second kappa shape index (κ2) is 3.94. The third-order valence-corrected chi connectivity index (χ3v) is 4.02. The molecule has 0 aromatic carbocycles. The summed E-state index contributed by atoms with van der Waals surface area (Å²) in [6, 6.07) is 0.505. The Labute approximate surface area is 89.4 Å². The van der Waals surface area contributed by atoms with Crippen LogP contribution in [-0.4, -0.2) is 26.2 Å². The molecule has 1 heterocycles. The Balaban J connectivity index is 1.91. The summed E-state index contributed by atoms with van der Waals surface area (Å²) in [4.78, 5) is 3.81. The zero-order chi connectivity index (χ0) is 10.9. The van der Waals surface area contributed by atoms with Crippen molar-refractivity contribution in [3.05, 3.63) is 11.1 Å². The van der Waals surface area contributed by atoms with Crippen molar-refractivity contribution in [1.29, 1.82) is 0 Å². The molecular weight excluding hydrogens is 214 g/mol. The zero-order valence-corrected chi connectivity index (χ0v) is 9.26. The molecule has 0 aromatic heterocycles. The highest BCUT2D eigenvalue weighted by Gasteiger charge is 2.22. The average molecular weight is 229 g/mol. The number of hydrogen-bond donors (Lipinski definition) is 2. The first-order valence-corrected chi connectivity index (χ1v) is 6.66. The lowest BCUT2D eigenvalue weighted by Crippen LogP contribution is -2.27. The van der Waals surface area contributed by atoms with Crippen molar-refractivity contribution < 1.29 is 8.42 Å². The van der Waals surface area contributed by atoms with Crippen molar-refractivity contribution in [1.82, 2.24) is 5.32 Å². The van der Waals surface area contributed by atoms with Crippen molar-refractivity contribution in [2.45, 2.75) is 31.7 Å². The third kappa shape index (κ3) is 2.38. The number of aliphatic imine (C=N–C) groups is 1. The molecule has 3 N–H and O–H groups in total. The molecule has 1 aliphatic carbocycles. The highest BCUT2D eigenvalue weighted by molar-refractivity contribution is 8.09. The van der Waals surface area contributed by atoms with Crippen LogP contribution in [0.2, 0.25) is 0 Å². The van der Waals surface area contributed by atoms with Gasteiger partial charge >= 0.3 is 0 Å². The summed E-state index contributed by atoms with van der Waals surface area (Å²) in [6.07, 6.45) is 4.83. The van der Waals surface area contributed by atoms with Crippen LogP contribution in [0.5, 0.6) is 0 Å². The fourth-order valence-corrected chi connectivity index (χ4v) is 2.79. The molecule has 84 valence electrons. The van der Waals surface area contributed by atoms with Crippen LogP contribution in [-0.2, 0) is 9.84 Å². The summed E-state index contributed by atoms with van der Waals surface area (Å²) in [5.41, 5.74) is 5.78. The summed E-state index contributed by atoms with van der Waals surface area (Å²) < 4.78 is 22.4. The number of nitrogens with zero attached hydrogens (tertiary/aromatic N) is 1. The van der Waals surface area contributed by atoms with Gasteiger partial charge in [0.05, 0.1) is 11.1 Å². The van der Waals surface area contributed by atoms with E-state index in [1.807, 2.05) is 0 Å². The fourth-order valence-electron chi connectivity index (χ4n) is 1.93. The molecule has 2 aliphatic rings. The molecule has 0 amide bonds. The maximum absolute atomic E-state index is 11.2. The molecule has 6 heteroatoms. The van der Waals surface area contributed by atoms with E-state index in [9.17, 15) is 8.42 Å². The van der Waals surface area contributed by atoms with Gasteiger partial charge in [0.2, 0.25) is 15.0 Å². The van der Waals surface area contributed by atoms with Crippen LogP contribution in [0.15, 0.2) is 16.1 Å². The topological polar surface area (TPSA) is 84.5 Å². The molecule has 5 nitrogen and oxygen atoms in total. The highest BCUT2D eigenvalue weighted by Crippen LogP contribution is 2.18. The van der Waals surface area contributed by atoms with Gasteiger partial charge in [-0.1, -0.05) is 12.8 Å². The molecule has 0 saturated heterocycles. The maximum atomic E-state index is 11.2. The minimum Gasteiger partial charge on any atom is -0.374 e. The molecule has 1 fully saturated rings. The van der Waals surface area contributed by atoms with Gasteiger partial charge in [0, 0.05) is 12.6 Å². The van der Waals surface area contributed by atoms with Gasteiger partial charge in [-0.2, -0.15) is 0 Å². The van der Waals surface area contributed by atoms with Gasteiger partial charge in [-0.3, -0.25) is 0 Å². The molecule has 0 atom stereocenters. The van der Waals surface area contributed by atoms with Gasteiger partial charge < -0.3 is 11.1 Å². The summed E-state index contributed by atoms with van der Waals surface area (Å²) in [6.45, 7) is 0.491. The Bertz CT molecular complexity index is 405. The van der Waals surface area contributed by atoms with Gasteiger partial charge in [-0.25, -0.2) is 13.4 Å².